The maximum absolute atomic E-state index is 14.3. The molecule has 0 aromatic heterocycles. The standard InChI is InChI=1S/C29H35Cl2NO5S/c1-3-23(18-38(36,37)24-9-4-5-10-24)32-27(19-11-13-21(30)14-12-19)25(20-7-6-8-22(31)15-20)16-29(2,28(32)35)17-26(33)34/h6-8,11-15,23-25,27H,3-5,9-10,16-18H2,1-2H3,(H,33,34)/t23?,25?,27-,29-/m1/s1. The van der Waals surface area contributed by atoms with Crippen molar-refractivity contribution < 1.29 is 23.1 Å². The van der Waals surface area contributed by atoms with Crippen molar-refractivity contribution in [3.05, 3.63) is 69.7 Å². The van der Waals surface area contributed by atoms with Crippen molar-refractivity contribution in [3.8, 4) is 0 Å². The van der Waals surface area contributed by atoms with Crippen molar-refractivity contribution in [1.82, 2.24) is 4.90 Å². The number of amides is 1. The third-order valence-electron chi connectivity index (χ3n) is 8.23. The van der Waals surface area contributed by atoms with E-state index in [1.165, 1.54) is 0 Å². The molecule has 0 radical (unpaired) electrons. The van der Waals surface area contributed by atoms with Crippen LogP contribution in [0.5, 0.6) is 0 Å². The van der Waals surface area contributed by atoms with Crippen molar-refractivity contribution in [3.63, 3.8) is 0 Å². The van der Waals surface area contributed by atoms with E-state index in [-0.39, 0.29) is 35.7 Å². The van der Waals surface area contributed by atoms with Gasteiger partial charge in [0.25, 0.3) is 0 Å². The number of carbonyl (C=O) groups is 2. The maximum atomic E-state index is 14.3. The smallest absolute Gasteiger partial charge is 0.304 e. The highest BCUT2D eigenvalue weighted by Gasteiger charge is 2.53. The molecule has 1 amide bonds. The molecule has 6 nitrogen and oxygen atoms in total. The highest BCUT2D eigenvalue weighted by atomic mass is 35.5. The molecule has 206 valence electrons. The van der Waals surface area contributed by atoms with Gasteiger partial charge < -0.3 is 10.0 Å². The first-order valence-corrected chi connectivity index (χ1v) is 15.7. The van der Waals surface area contributed by atoms with E-state index in [1.807, 2.05) is 37.3 Å². The Hall–Kier alpha value is -2.09. The number of halogens is 2. The van der Waals surface area contributed by atoms with Crippen LogP contribution >= 0.6 is 23.2 Å². The monoisotopic (exact) mass is 579 g/mol. The third kappa shape index (κ3) is 6.05. The largest absolute Gasteiger partial charge is 0.481 e. The fourth-order valence-corrected chi connectivity index (χ4v) is 8.91. The molecule has 4 atom stereocenters. The molecule has 0 spiro atoms. The van der Waals surface area contributed by atoms with E-state index in [0.717, 1.165) is 24.0 Å². The molecule has 38 heavy (non-hydrogen) atoms. The number of hydrogen-bond donors (Lipinski definition) is 1. The van der Waals surface area contributed by atoms with Gasteiger partial charge in [0.1, 0.15) is 0 Å². The predicted molar refractivity (Wildman–Crippen MR) is 150 cm³/mol. The molecule has 1 saturated heterocycles. The second-order valence-electron chi connectivity index (χ2n) is 11.0. The summed E-state index contributed by atoms with van der Waals surface area (Å²) in [5.41, 5.74) is 0.480. The first-order chi connectivity index (χ1) is 17.9. The highest BCUT2D eigenvalue weighted by molar-refractivity contribution is 7.92. The number of sulfone groups is 1. The summed E-state index contributed by atoms with van der Waals surface area (Å²) in [5, 5.41) is 10.5. The van der Waals surface area contributed by atoms with Crippen LogP contribution in [0, 0.1) is 5.41 Å². The topological polar surface area (TPSA) is 91.8 Å². The molecule has 2 aliphatic rings. The van der Waals surface area contributed by atoms with Gasteiger partial charge in [0, 0.05) is 22.0 Å². The predicted octanol–water partition coefficient (Wildman–Crippen LogP) is 6.67. The fourth-order valence-electron chi connectivity index (χ4n) is 6.33. The summed E-state index contributed by atoms with van der Waals surface area (Å²) in [6, 6.07) is 13.5. The third-order valence-corrected chi connectivity index (χ3v) is 11.1. The fraction of sp³-hybridized carbons (Fsp3) is 0.517. The number of nitrogens with zero attached hydrogens (tertiary/aromatic N) is 1. The summed E-state index contributed by atoms with van der Waals surface area (Å²) < 4.78 is 27.0. The second kappa shape index (κ2) is 11.6. The lowest BCUT2D eigenvalue weighted by molar-refractivity contribution is -0.160. The van der Waals surface area contributed by atoms with Gasteiger partial charge in [-0.2, -0.15) is 0 Å². The van der Waals surface area contributed by atoms with Gasteiger partial charge >= 0.3 is 5.97 Å². The van der Waals surface area contributed by atoms with E-state index in [2.05, 4.69) is 0 Å². The van der Waals surface area contributed by atoms with E-state index in [0.29, 0.717) is 29.3 Å². The van der Waals surface area contributed by atoms with E-state index in [4.69, 9.17) is 23.2 Å². The minimum absolute atomic E-state index is 0.143. The van der Waals surface area contributed by atoms with E-state index in [1.54, 1.807) is 30.0 Å². The molecule has 1 saturated carbocycles. The Morgan fingerprint density at radius 3 is 2.32 bits per heavy atom. The van der Waals surface area contributed by atoms with E-state index >= 15 is 0 Å². The molecule has 2 fully saturated rings. The molecule has 1 aliphatic carbocycles. The van der Waals surface area contributed by atoms with Crippen molar-refractivity contribution in [2.24, 2.45) is 5.41 Å². The minimum Gasteiger partial charge on any atom is -0.481 e. The van der Waals surface area contributed by atoms with Crippen LogP contribution < -0.4 is 0 Å². The molecule has 9 heteroatoms. The Labute approximate surface area is 235 Å². The molecule has 2 aromatic carbocycles. The van der Waals surface area contributed by atoms with E-state index in [9.17, 15) is 23.1 Å². The summed E-state index contributed by atoms with van der Waals surface area (Å²) in [6.07, 6.45) is 3.44. The number of piperidine rings is 1. The number of aliphatic carboxylic acids is 1. The SMILES string of the molecule is CCC(CS(=O)(=O)C1CCCC1)N1C(=O)[C@@](C)(CC(=O)O)CC(c2cccc(Cl)c2)[C@H]1c1ccc(Cl)cc1. The van der Waals surface area contributed by atoms with Gasteiger partial charge in [0.05, 0.1) is 28.9 Å². The molecule has 2 aromatic rings. The molecule has 1 heterocycles. The number of carboxylic acids is 1. The number of likely N-dealkylation sites (tertiary alicyclic amines) is 1. The van der Waals surface area contributed by atoms with Gasteiger partial charge in [0.2, 0.25) is 5.91 Å². The van der Waals surface area contributed by atoms with Crippen molar-refractivity contribution >= 4 is 44.9 Å². The Kier molecular flexibility index (Phi) is 8.80. The van der Waals surface area contributed by atoms with Crippen LogP contribution in [-0.4, -0.2) is 47.3 Å². The van der Waals surface area contributed by atoms with Crippen molar-refractivity contribution in [2.45, 2.75) is 82.0 Å². The van der Waals surface area contributed by atoms with Crippen LogP contribution in [0.15, 0.2) is 48.5 Å². The van der Waals surface area contributed by atoms with Gasteiger partial charge in [-0.25, -0.2) is 8.42 Å². The first-order valence-electron chi connectivity index (χ1n) is 13.2. The average Bonchev–Trinajstić information content (AvgIpc) is 3.41. The van der Waals surface area contributed by atoms with Crippen LogP contribution in [0.2, 0.25) is 10.0 Å². The summed E-state index contributed by atoms with van der Waals surface area (Å²) in [6.45, 7) is 3.57. The van der Waals surface area contributed by atoms with Crippen molar-refractivity contribution in [1.29, 1.82) is 0 Å². The average molecular weight is 581 g/mol. The van der Waals surface area contributed by atoms with Gasteiger partial charge in [-0.15, -0.1) is 0 Å². The van der Waals surface area contributed by atoms with Crippen LogP contribution in [0.4, 0.5) is 0 Å². The minimum atomic E-state index is -3.46. The lowest BCUT2D eigenvalue weighted by atomic mass is 9.67. The van der Waals surface area contributed by atoms with Gasteiger partial charge in [-0.05, 0) is 61.1 Å². The molecule has 0 bridgehead atoms. The Morgan fingerprint density at radius 2 is 1.74 bits per heavy atom. The lowest BCUT2D eigenvalue weighted by Gasteiger charge is -2.52. The zero-order valence-corrected chi connectivity index (χ0v) is 24.1. The van der Waals surface area contributed by atoms with Crippen LogP contribution in [0.1, 0.15) is 81.9 Å². The number of rotatable bonds is 9. The van der Waals surface area contributed by atoms with Gasteiger partial charge in [-0.1, -0.05) is 74.2 Å². The summed E-state index contributed by atoms with van der Waals surface area (Å²) in [7, 11) is -3.46. The van der Waals surface area contributed by atoms with Crippen LogP contribution in [0.25, 0.3) is 0 Å². The first kappa shape index (κ1) is 28.9. The molecule has 1 N–H and O–H groups in total. The molecule has 2 unspecified atom stereocenters. The summed E-state index contributed by atoms with van der Waals surface area (Å²) in [4.78, 5) is 27.9. The van der Waals surface area contributed by atoms with Crippen LogP contribution in [0.3, 0.4) is 0 Å². The van der Waals surface area contributed by atoms with E-state index < -0.39 is 33.3 Å². The highest BCUT2D eigenvalue weighted by Crippen LogP contribution is 2.52. The maximum Gasteiger partial charge on any atom is 0.304 e. The zero-order chi connectivity index (χ0) is 27.7. The van der Waals surface area contributed by atoms with Gasteiger partial charge in [-0.3, -0.25) is 9.59 Å². The molecular formula is C29H35Cl2NO5S. The molecular weight excluding hydrogens is 545 g/mol. The summed E-state index contributed by atoms with van der Waals surface area (Å²) >= 11 is 12.6. The summed E-state index contributed by atoms with van der Waals surface area (Å²) in [5.74, 6) is -1.84. The van der Waals surface area contributed by atoms with Gasteiger partial charge in [0.15, 0.2) is 9.84 Å². The Morgan fingerprint density at radius 1 is 1.08 bits per heavy atom. The Bertz CT molecular complexity index is 1280. The molecule has 4 rings (SSSR count). The lowest BCUT2D eigenvalue weighted by Crippen LogP contribution is -2.57. The number of carboxylic acid groups (broad SMARTS) is 1. The zero-order valence-electron chi connectivity index (χ0n) is 21.8. The second-order valence-corrected chi connectivity index (χ2v) is 14.2. The normalized spacial score (nSPS) is 25.5. The quantitative estimate of drug-likeness (QED) is 0.358. The Balaban J connectivity index is 1.87. The van der Waals surface area contributed by atoms with Crippen molar-refractivity contribution in [2.75, 3.05) is 5.75 Å². The molecule has 1 aliphatic heterocycles. The number of carbonyl (C=O) groups excluding carboxylic acids is 1. The number of benzene rings is 2. The number of hydrogen-bond acceptors (Lipinski definition) is 4. The van der Waals surface area contributed by atoms with Crippen LogP contribution in [-0.2, 0) is 19.4 Å².